The molecule has 1 unspecified atom stereocenters. The number of hydrogen-bond acceptors (Lipinski definition) is 3. The first kappa shape index (κ1) is 12.4. The number of esters is 1. The molecule has 0 aliphatic carbocycles. The van der Waals surface area contributed by atoms with Crippen LogP contribution in [0.1, 0.15) is 24.1 Å². The van der Waals surface area contributed by atoms with Gasteiger partial charge in [0.15, 0.2) is 0 Å². The zero-order valence-corrected chi connectivity index (χ0v) is 10.5. The van der Waals surface area contributed by atoms with Crippen molar-refractivity contribution in [3.63, 3.8) is 0 Å². The van der Waals surface area contributed by atoms with Crippen molar-refractivity contribution < 1.29 is 9.53 Å². The van der Waals surface area contributed by atoms with Crippen LogP contribution in [-0.2, 0) is 16.1 Å². The topological polar surface area (TPSA) is 44.1 Å². The van der Waals surface area contributed by atoms with Crippen molar-refractivity contribution in [1.29, 1.82) is 0 Å². The third-order valence-corrected chi connectivity index (χ3v) is 2.94. The molecule has 1 heterocycles. The Labute approximate surface area is 106 Å². The molecule has 18 heavy (non-hydrogen) atoms. The smallest absolute Gasteiger partial charge is 0.314 e. The largest absolute Gasteiger partial charge is 0.469 e. The molecule has 2 rings (SSSR count). The highest BCUT2D eigenvalue weighted by Crippen LogP contribution is 2.17. The summed E-state index contributed by atoms with van der Waals surface area (Å²) in [6.45, 7) is 2.53. The molecule has 0 amide bonds. The zero-order chi connectivity index (χ0) is 13.0. The summed E-state index contributed by atoms with van der Waals surface area (Å²) >= 11 is 0. The van der Waals surface area contributed by atoms with Crippen LogP contribution in [0.2, 0.25) is 0 Å². The minimum Gasteiger partial charge on any atom is -0.469 e. The summed E-state index contributed by atoms with van der Waals surface area (Å²) in [7, 11) is 1.40. The van der Waals surface area contributed by atoms with Crippen molar-refractivity contribution >= 4 is 5.97 Å². The second-order valence-corrected chi connectivity index (χ2v) is 4.18. The average molecular weight is 244 g/mol. The summed E-state index contributed by atoms with van der Waals surface area (Å²) in [4.78, 5) is 15.7. The van der Waals surface area contributed by atoms with Gasteiger partial charge in [-0.3, -0.25) is 4.79 Å². The number of imidazole rings is 1. The molecule has 94 valence electrons. The van der Waals surface area contributed by atoms with E-state index in [1.807, 2.05) is 41.8 Å². The molecular formula is C14H16N2O2. The van der Waals surface area contributed by atoms with Crippen LogP contribution < -0.4 is 0 Å². The third kappa shape index (κ3) is 2.59. The Morgan fingerprint density at radius 2 is 2.11 bits per heavy atom. The van der Waals surface area contributed by atoms with Crippen LogP contribution >= 0.6 is 0 Å². The second kappa shape index (κ2) is 5.49. The van der Waals surface area contributed by atoms with Gasteiger partial charge in [-0.1, -0.05) is 30.3 Å². The fourth-order valence-electron chi connectivity index (χ4n) is 1.90. The summed E-state index contributed by atoms with van der Waals surface area (Å²) in [6, 6.07) is 10.1. The lowest BCUT2D eigenvalue weighted by atomic mass is 10.1. The zero-order valence-electron chi connectivity index (χ0n) is 10.5. The van der Waals surface area contributed by atoms with Crippen LogP contribution in [0.15, 0.2) is 42.9 Å². The molecule has 1 aromatic carbocycles. The monoisotopic (exact) mass is 244 g/mol. The molecule has 0 aliphatic rings. The van der Waals surface area contributed by atoms with E-state index in [1.54, 1.807) is 12.5 Å². The number of carbonyl (C=O) groups excluding carboxylic acids is 1. The van der Waals surface area contributed by atoms with E-state index in [2.05, 4.69) is 4.98 Å². The SMILES string of the molecule is COC(=O)C(C)c1cncn1Cc1ccccc1. The first-order valence-electron chi connectivity index (χ1n) is 5.84. The summed E-state index contributed by atoms with van der Waals surface area (Å²) in [5.41, 5.74) is 2.04. The van der Waals surface area contributed by atoms with E-state index in [0.29, 0.717) is 6.54 Å². The summed E-state index contributed by atoms with van der Waals surface area (Å²) < 4.78 is 6.73. The lowest BCUT2D eigenvalue weighted by molar-refractivity contribution is -0.142. The van der Waals surface area contributed by atoms with Crippen LogP contribution in [0.5, 0.6) is 0 Å². The van der Waals surface area contributed by atoms with Crippen molar-refractivity contribution in [2.75, 3.05) is 7.11 Å². The lowest BCUT2D eigenvalue weighted by Crippen LogP contribution is -2.15. The summed E-state index contributed by atoms with van der Waals surface area (Å²) in [6.07, 6.45) is 3.45. The van der Waals surface area contributed by atoms with Crippen LogP contribution in [-0.4, -0.2) is 22.6 Å². The van der Waals surface area contributed by atoms with E-state index in [1.165, 1.54) is 12.7 Å². The van der Waals surface area contributed by atoms with Gasteiger partial charge in [0.2, 0.25) is 0 Å². The highest BCUT2D eigenvalue weighted by Gasteiger charge is 2.19. The molecule has 0 spiro atoms. The minimum atomic E-state index is -0.304. The normalized spacial score (nSPS) is 12.1. The molecule has 0 fully saturated rings. The van der Waals surface area contributed by atoms with E-state index >= 15 is 0 Å². The minimum absolute atomic E-state index is 0.246. The van der Waals surface area contributed by atoms with Gasteiger partial charge in [-0.2, -0.15) is 0 Å². The standard InChI is InChI=1S/C14H16N2O2/c1-11(14(17)18-2)13-8-15-10-16(13)9-12-6-4-3-5-7-12/h3-8,10-11H,9H2,1-2H3. The van der Waals surface area contributed by atoms with E-state index in [9.17, 15) is 4.79 Å². The van der Waals surface area contributed by atoms with Crippen molar-refractivity contribution in [2.45, 2.75) is 19.4 Å². The Hall–Kier alpha value is -2.10. The van der Waals surface area contributed by atoms with Gasteiger partial charge in [-0.05, 0) is 12.5 Å². The van der Waals surface area contributed by atoms with Crippen LogP contribution in [0.25, 0.3) is 0 Å². The van der Waals surface area contributed by atoms with Gasteiger partial charge >= 0.3 is 5.97 Å². The molecule has 4 heteroatoms. The fraction of sp³-hybridized carbons (Fsp3) is 0.286. The highest BCUT2D eigenvalue weighted by atomic mass is 16.5. The van der Waals surface area contributed by atoms with Crippen molar-refractivity contribution in [2.24, 2.45) is 0 Å². The summed E-state index contributed by atoms with van der Waals surface area (Å²) in [5.74, 6) is -0.550. The van der Waals surface area contributed by atoms with E-state index < -0.39 is 0 Å². The quantitative estimate of drug-likeness (QED) is 0.774. The number of nitrogens with zero attached hydrogens (tertiary/aromatic N) is 2. The maximum Gasteiger partial charge on any atom is 0.314 e. The van der Waals surface area contributed by atoms with Gasteiger partial charge in [0, 0.05) is 12.7 Å². The van der Waals surface area contributed by atoms with Crippen LogP contribution in [0.3, 0.4) is 0 Å². The molecule has 0 saturated carbocycles. The van der Waals surface area contributed by atoms with Crippen molar-refractivity contribution in [1.82, 2.24) is 9.55 Å². The number of aromatic nitrogens is 2. The summed E-state index contributed by atoms with van der Waals surface area (Å²) in [5, 5.41) is 0. The van der Waals surface area contributed by atoms with E-state index in [0.717, 1.165) is 5.69 Å². The highest BCUT2D eigenvalue weighted by molar-refractivity contribution is 5.76. The molecule has 0 saturated heterocycles. The lowest BCUT2D eigenvalue weighted by Gasteiger charge is -2.12. The van der Waals surface area contributed by atoms with Gasteiger partial charge in [-0.15, -0.1) is 0 Å². The maximum atomic E-state index is 11.6. The molecule has 4 nitrogen and oxygen atoms in total. The van der Waals surface area contributed by atoms with Gasteiger partial charge in [0.1, 0.15) is 0 Å². The number of hydrogen-bond donors (Lipinski definition) is 0. The number of carbonyl (C=O) groups is 1. The molecular weight excluding hydrogens is 228 g/mol. The van der Waals surface area contributed by atoms with Crippen molar-refractivity contribution in [3.8, 4) is 0 Å². The van der Waals surface area contributed by atoms with Gasteiger partial charge < -0.3 is 9.30 Å². The molecule has 2 aromatic rings. The number of ether oxygens (including phenoxy) is 1. The number of rotatable bonds is 4. The predicted molar refractivity (Wildman–Crippen MR) is 68.2 cm³/mol. The van der Waals surface area contributed by atoms with Crippen LogP contribution in [0, 0.1) is 0 Å². The van der Waals surface area contributed by atoms with E-state index in [-0.39, 0.29) is 11.9 Å². The van der Waals surface area contributed by atoms with Crippen molar-refractivity contribution in [3.05, 3.63) is 54.1 Å². The molecule has 1 aromatic heterocycles. The Morgan fingerprint density at radius 1 is 1.39 bits per heavy atom. The third-order valence-electron chi connectivity index (χ3n) is 2.94. The molecule has 0 aliphatic heterocycles. The first-order chi connectivity index (χ1) is 8.72. The average Bonchev–Trinajstić information content (AvgIpc) is 2.86. The molecule has 1 atom stereocenters. The fourth-order valence-corrected chi connectivity index (χ4v) is 1.90. The van der Waals surface area contributed by atoms with E-state index in [4.69, 9.17) is 4.74 Å². The molecule has 0 N–H and O–H groups in total. The Kier molecular flexibility index (Phi) is 3.77. The Morgan fingerprint density at radius 3 is 2.78 bits per heavy atom. The van der Waals surface area contributed by atoms with Crippen LogP contribution in [0.4, 0.5) is 0 Å². The van der Waals surface area contributed by atoms with Gasteiger partial charge in [0.05, 0.1) is 25.0 Å². The maximum absolute atomic E-state index is 11.6. The van der Waals surface area contributed by atoms with Gasteiger partial charge in [0.25, 0.3) is 0 Å². The van der Waals surface area contributed by atoms with Gasteiger partial charge in [-0.25, -0.2) is 4.98 Å². The molecule has 0 bridgehead atoms. The Balaban J connectivity index is 2.20. The number of benzene rings is 1. The second-order valence-electron chi connectivity index (χ2n) is 4.18. The first-order valence-corrected chi connectivity index (χ1v) is 5.84. The molecule has 0 radical (unpaired) electrons. The number of methoxy groups -OCH3 is 1. The Bertz CT molecular complexity index is 520. The predicted octanol–water partition coefficient (Wildman–Crippen LogP) is 2.21.